The molecule has 2 aliphatic heterocycles. The molecule has 0 saturated carbocycles. The van der Waals surface area contributed by atoms with Crippen molar-refractivity contribution in [2.45, 2.75) is 6.92 Å². The number of imidazole rings is 1. The van der Waals surface area contributed by atoms with Crippen LogP contribution in [0.15, 0.2) is 36.7 Å². The molecule has 2 saturated heterocycles. The summed E-state index contributed by atoms with van der Waals surface area (Å²) in [6.07, 6.45) is 3.68. The number of nitrogens with zero attached hydrogens (tertiary/aromatic N) is 7. The van der Waals surface area contributed by atoms with Gasteiger partial charge in [-0.3, -0.25) is 4.57 Å². The van der Waals surface area contributed by atoms with Crippen LogP contribution in [0.4, 0.5) is 11.9 Å². The number of aryl methyl sites for hydroxylation is 1. The molecule has 0 spiro atoms. The van der Waals surface area contributed by atoms with Gasteiger partial charge in [0.2, 0.25) is 17.8 Å². The fraction of sp³-hybridized carbons (Fsp3) is 0.429. The van der Waals surface area contributed by atoms with Crippen LogP contribution in [0, 0.1) is 6.92 Å². The summed E-state index contributed by atoms with van der Waals surface area (Å²) in [5.74, 6) is 2.73. The monoisotopic (exact) mass is 407 g/mol. The highest BCUT2D eigenvalue weighted by Crippen LogP contribution is 2.23. The third-order valence-corrected chi connectivity index (χ3v) is 5.35. The predicted octanol–water partition coefficient (Wildman–Crippen LogP) is 1.71. The van der Waals surface area contributed by atoms with Crippen molar-refractivity contribution in [1.82, 2.24) is 24.5 Å². The number of ether oxygens (including phenoxy) is 2. The van der Waals surface area contributed by atoms with Gasteiger partial charge in [0.1, 0.15) is 5.82 Å². The molecular formula is C21H25N7O2. The summed E-state index contributed by atoms with van der Waals surface area (Å²) in [7, 11) is 0. The smallest absolute Gasteiger partial charge is 0.242 e. The lowest BCUT2D eigenvalue weighted by Gasteiger charge is -2.30. The molecule has 1 aromatic carbocycles. The van der Waals surface area contributed by atoms with Crippen molar-refractivity contribution in [3.8, 4) is 17.3 Å². The van der Waals surface area contributed by atoms with E-state index in [1.807, 2.05) is 10.8 Å². The Morgan fingerprint density at radius 3 is 1.83 bits per heavy atom. The van der Waals surface area contributed by atoms with E-state index >= 15 is 0 Å². The normalized spacial score (nSPS) is 17.4. The standard InChI is InChI=1S/C21H25N7O2/c1-16-2-4-17(5-3-16)18-22-6-7-28(18)21-24-19(26-8-12-29-13-9-26)23-20(25-21)27-10-14-30-15-11-27/h2-7H,8-15H2,1H3. The quantitative estimate of drug-likeness (QED) is 0.647. The van der Waals surface area contributed by atoms with Gasteiger partial charge in [0.25, 0.3) is 0 Å². The highest BCUT2D eigenvalue weighted by molar-refractivity contribution is 5.58. The van der Waals surface area contributed by atoms with Crippen LogP contribution in [0.3, 0.4) is 0 Å². The summed E-state index contributed by atoms with van der Waals surface area (Å²) in [5, 5.41) is 0. The number of aromatic nitrogens is 5. The van der Waals surface area contributed by atoms with Gasteiger partial charge in [0.05, 0.1) is 26.4 Å². The predicted molar refractivity (Wildman–Crippen MR) is 113 cm³/mol. The topological polar surface area (TPSA) is 81.4 Å². The van der Waals surface area contributed by atoms with Crippen molar-refractivity contribution in [1.29, 1.82) is 0 Å². The fourth-order valence-electron chi connectivity index (χ4n) is 3.64. The molecule has 2 aliphatic rings. The largest absolute Gasteiger partial charge is 0.378 e. The van der Waals surface area contributed by atoms with Crippen LogP contribution in [0.5, 0.6) is 0 Å². The fourth-order valence-corrected chi connectivity index (χ4v) is 3.64. The van der Waals surface area contributed by atoms with E-state index in [1.54, 1.807) is 6.20 Å². The maximum Gasteiger partial charge on any atom is 0.242 e. The molecule has 0 unspecified atom stereocenters. The molecule has 4 heterocycles. The summed E-state index contributed by atoms with van der Waals surface area (Å²) < 4.78 is 12.9. The Morgan fingerprint density at radius 2 is 1.27 bits per heavy atom. The van der Waals surface area contributed by atoms with E-state index in [1.165, 1.54) is 5.56 Å². The van der Waals surface area contributed by atoms with Crippen LogP contribution < -0.4 is 9.80 Å². The minimum Gasteiger partial charge on any atom is -0.378 e. The first kappa shape index (κ1) is 19.0. The van der Waals surface area contributed by atoms with Crippen molar-refractivity contribution in [3.63, 3.8) is 0 Å². The third-order valence-electron chi connectivity index (χ3n) is 5.35. The van der Waals surface area contributed by atoms with Crippen LogP contribution in [0.1, 0.15) is 5.56 Å². The lowest BCUT2D eigenvalue weighted by Crippen LogP contribution is -2.40. The average molecular weight is 407 g/mol. The first-order chi connectivity index (χ1) is 14.8. The molecule has 156 valence electrons. The highest BCUT2D eigenvalue weighted by Gasteiger charge is 2.22. The zero-order valence-electron chi connectivity index (χ0n) is 17.1. The van der Waals surface area contributed by atoms with E-state index in [0.717, 1.165) is 37.6 Å². The molecule has 0 atom stereocenters. The maximum atomic E-state index is 5.50. The van der Waals surface area contributed by atoms with Gasteiger partial charge in [-0.05, 0) is 6.92 Å². The minimum absolute atomic E-state index is 0.570. The second-order valence-corrected chi connectivity index (χ2v) is 7.42. The van der Waals surface area contributed by atoms with Crippen LogP contribution in [0.25, 0.3) is 17.3 Å². The Hall–Kier alpha value is -3.04. The zero-order chi connectivity index (χ0) is 20.3. The number of hydrogen-bond donors (Lipinski definition) is 0. The molecule has 0 N–H and O–H groups in total. The van der Waals surface area contributed by atoms with Crippen molar-refractivity contribution in [3.05, 3.63) is 42.2 Å². The Bertz CT molecular complexity index is 957. The molecule has 30 heavy (non-hydrogen) atoms. The number of anilines is 2. The summed E-state index contributed by atoms with van der Waals surface area (Å²) in [4.78, 5) is 23.3. The van der Waals surface area contributed by atoms with E-state index in [9.17, 15) is 0 Å². The zero-order valence-corrected chi connectivity index (χ0v) is 17.1. The molecule has 5 rings (SSSR count). The number of rotatable bonds is 4. The molecule has 0 bridgehead atoms. The summed E-state index contributed by atoms with van der Waals surface area (Å²) in [6, 6.07) is 8.31. The van der Waals surface area contributed by atoms with Gasteiger partial charge in [-0.25, -0.2) is 4.98 Å². The SMILES string of the molecule is Cc1ccc(-c2nccn2-c2nc(N3CCOCC3)nc(N3CCOCC3)n2)cc1. The number of morpholine rings is 2. The molecule has 3 aromatic rings. The van der Waals surface area contributed by atoms with E-state index < -0.39 is 0 Å². The third kappa shape index (κ3) is 3.86. The van der Waals surface area contributed by atoms with Gasteiger partial charge in [-0.15, -0.1) is 0 Å². The molecule has 0 radical (unpaired) electrons. The van der Waals surface area contributed by atoms with Crippen molar-refractivity contribution in [2.24, 2.45) is 0 Å². The number of benzene rings is 1. The molecule has 9 heteroatoms. The molecule has 2 aromatic heterocycles. The first-order valence-corrected chi connectivity index (χ1v) is 10.3. The van der Waals surface area contributed by atoms with Gasteiger partial charge in [0, 0.05) is 44.1 Å². The maximum absolute atomic E-state index is 5.50. The van der Waals surface area contributed by atoms with Crippen LogP contribution >= 0.6 is 0 Å². The molecule has 9 nitrogen and oxygen atoms in total. The van der Waals surface area contributed by atoms with E-state index in [2.05, 4.69) is 46.0 Å². The van der Waals surface area contributed by atoms with E-state index in [-0.39, 0.29) is 0 Å². The lowest BCUT2D eigenvalue weighted by atomic mass is 10.1. The van der Waals surface area contributed by atoms with E-state index in [4.69, 9.17) is 24.4 Å². The summed E-state index contributed by atoms with van der Waals surface area (Å²) >= 11 is 0. The first-order valence-electron chi connectivity index (χ1n) is 10.3. The Labute approximate surface area is 175 Å². The lowest BCUT2D eigenvalue weighted by molar-refractivity contribution is 0.121. The molecule has 0 aliphatic carbocycles. The molecular weight excluding hydrogens is 382 g/mol. The van der Waals surface area contributed by atoms with Crippen molar-refractivity contribution >= 4 is 11.9 Å². The number of hydrogen-bond acceptors (Lipinski definition) is 8. The van der Waals surface area contributed by atoms with E-state index in [0.29, 0.717) is 44.3 Å². The van der Waals surface area contributed by atoms with Crippen LogP contribution in [-0.4, -0.2) is 77.1 Å². The van der Waals surface area contributed by atoms with Gasteiger partial charge in [-0.2, -0.15) is 15.0 Å². The minimum atomic E-state index is 0.570. The van der Waals surface area contributed by atoms with Gasteiger partial charge >= 0.3 is 0 Å². The molecule has 0 amide bonds. The Kier molecular flexibility index (Phi) is 5.29. The van der Waals surface area contributed by atoms with Crippen molar-refractivity contribution in [2.75, 3.05) is 62.4 Å². The van der Waals surface area contributed by atoms with Gasteiger partial charge in [0.15, 0.2) is 0 Å². The average Bonchev–Trinajstić information content (AvgIpc) is 3.30. The Balaban J connectivity index is 1.57. The summed E-state index contributed by atoms with van der Waals surface area (Å²) in [6.45, 7) is 7.83. The second kappa shape index (κ2) is 8.37. The molecule has 2 fully saturated rings. The Morgan fingerprint density at radius 1 is 0.733 bits per heavy atom. The van der Waals surface area contributed by atoms with Gasteiger partial charge in [-0.1, -0.05) is 29.8 Å². The van der Waals surface area contributed by atoms with Crippen LogP contribution in [0.2, 0.25) is 0 Å². The second-order valence-electron chi connectivity index (χ2n) is 7.42. The van der Waals surface area contributed by atoms with Gasteiger partial charge < -0.3 is 19.3 Å². The summed E-state index contributed by atoms with van der Waals surface area (Å²) in [5.41, 5.74) is 2.23. The van der Waals surface area contributed by atoms with Crippen molar-refractivity contribution < 1.29 is 9.47 Å². The highest BCUT2D eigenvalue weighted by atomic mass is 16.5. The van der Waals surface area contributed by atoms with Crippen LogP contribution in [-0.2, 0) is 9.47 Å².